The molecule has 12 rings (SSSR count). The second kappa shape index (κ2) is 12.3. The zero-order valence-electron chi connectivity index (χ0n) is 35.3. The van der Waals surface area contributed by atoms with Crippen LogP contribution in [0.1, 0.15) is 6.85 Å². The molecular formula is C51H32N6. The highest BCUT2D eigenvalue weighted by Gasteiger charge is 2.24. The van der Waals surface area contributed by atoms with E-state index in [0.29, 0.717) is 34.5 Å². The molecule has 0 aliphatic carbocycles. The van der Waals surface area contributed by atoms with E-state index in [-0.39, 0.29) is 17.6 Å². The van der Waals surface area contributed by atoms with Gasteiger partial charge < -0.3 is 4.57 Å². The number of rotatable bonds is 5. The van der Waals surface area contributed by atoms with Crippen molar-refractivity contribution in [2.45, 2.75) is 0 Å². The molecule has 4 aromatic heterocycles. The van der Waals surface area contributed by atoms with Crippen LogP contribution in [0.5, 0.6) is 0 Å². The number of hydrogen-bond acceptors (Lipinski definition) is 3. The maximum Gasteiger partial charge on any atom is 0.240 e. The lowest BCUT2D eigenvalue weighted by molar-refractivity contribution is 0.892. The summed E-state index contributed by atoms with van der Waals surface area (Å²) in [5, 5.41) is 6.21. The number of fused-ring (bicyclic) bond motifs is 9. The maximum atomic E-state index is 9.23. The first-order valence-corrected chi connectivity index (χ1v) is 18.8. The molecule has 0 fully saturated rings. The van der Waals surface area contributed by atoms with E-state index in [1.54, 1.807) is 0 Å². The zero-order chi connectivity index (χ0) is 41.8. The normalized spacial score (nSPS) is 13.1. The van der Waals surface area contributed by atoms with Crippen LogP contribution >= 0.6 is 0 Å². The van der Waals surface area contributed by atoms with Crippen LogP contribution in [0.15, 0.2) is 194 Å². The predicted octanol–water partition coefficient (Wildman–Crippen LogP) is 12.5. The summed E-state index contributed by atoms with van der Waals surface area (Å²) in [7, 11) is 0. The zero-order valence-corrected chi connectivity index (χ0v) is 30.3. The molecule has 12 aromatic rings. The Bertz CT molecular complexity index is 3520. The summed E-state index contributed by atoms with van der Waals surface area (Å²) in [5.74, 6) is 1.12. The Morgan fingerprint density at radius 1 is 0.333 bits per heavy atom. The monoisotopic (exact) mass is 733 g/mol. The third-order valence-electron chi connectivity index (χ3n) is 11.0. The lowest BCUT2D eigenvalue weighted by Crippen LogP contribution is -2.11. The van der Waals surface area contributed by atoms with Gasteiger partial charge in [-0.15, -0.1) is 0 Å². The summed E-state index contributed by atoms with van der Waals surface area (Å²) < 4.78 is 50.7. The molecule has 57 heavy (non-hydrogen) atoms. The second-order valence-corrected chi connectivity index (χ2v) is 14.1. The third kappa shape index (κ3) is 4.68. The van der Waals surface area contributed by atoms with Crippen LogP contribution in [0.4, 0.5) is 0 Å². The molecule has 0 bridgehead atoms. The fourth-order valence-electron chi connectivity index (χ4n) is 8.67. The first-order chi connectivity index (χ1) is 30.4. The van der Waals surface area contributed by atoms with Gasteiger partial charge in [0.2, 0.25) is 11.9 Å². The quantitative estimate of drug-likeness (QED) is 0.177. The molecule has 6 heteroatoms. The summed E-state index contributed by atoms with van der Waals surface area (Å²) in [6, 6.07) is 52.8. The molecule has 0 aliphatic rings. The maximum absolute atomic E-state index is 9.23. The molecular weight excluding hydrogens is 697 g/mol. The van der Waals surface area contributed by atoms with Crippen molar-refractivity contribution < 1.29 is 6.85 Å². The predicted molar refractivity (Wildman–Crippen MR) is 234 cm³/mol. The van der Waals surface area contributed by atoms with Crippen molar-refractivity contribution in [1.29, 1.82) is 0 Å². The van der Waals surface area contributed by atoms with E-state index in [2.05, 4.69) is 74.4 Å². The Balaban J connectivity index is 1.27. The first kappa shape index (κ1) is 26.9. The molecule has 8 aromatic carbocycles. The third-order valence-corrected chi connectivity index (χ3v) is 11.0. The molecule has 0 saturated carbocycles. The van der Waals surface area contributed by atoms with Crippen LogP contribution in [0, 0.1) is 0 Å². The Hall–Kier alpha value is -7.83. The van der Waals surface area contributed by atoms with Crippen LogP contribution in [-0.2, 0) is 0 Å². The van der Waals surface area contributed by atoms with Gasteiger partial charge in [-0.25, -0.2) is 0 Å². The van der Waals surface area contributed by atoms with E-state index in [0.717, 1.165) is 65.4 Å². The van der Waals surface area contributed by atoms with Gasteiger partial charge in [0.05, 0.1) is 45.6 Å². The number of para-hydroxylation sites is 7. The van der Waals surface area contributed by atoms with E-state index >= 15 is 0 Å². The average Bonchev–Trinajstić information content (AvgIpc) is 3.96. The Kier molecular flexibility index (Phi) is 5.82. The summed E-state index contributed by atoms with van der Waals surface area (Å²) in [6.07, 6.45) is 0. The van der Waals surface area contributed by atoms with Gasteiger partial charge in [-0.1, -0.05) is 152 Å². The fourth-order valence-corrected chi connectivity index (χ4v) is 8.67. The molecule has 0 N–H and O–H groups in total. The van der Waals surface area contributed by atoms with Crippen molar-refractivity contribution in [2.75, 3.05) is 0 Å². The number of nitrogens with zero attached hydrogens (tertiary/aromatic N) is 6. The Labute approximate surface area is 334 Å². The van der Waals surface area contributed by atoms with E-state index in [4.69, 9.17) is 19.1 Å². The summed E-state index contributed by atoms with van der Waals surface area (Å²) >= 11 is 0. The minimum absolute atomic E-state index is 0.0778. The molecule has 266 valence electrons. The van der Waals surface area contributed by atoms with E-state index in [1.165, 1.54) is 0 Å². The molecule has 0 amide bonds. The van der Waals surface area contributed by atoms with Crippen LogP contribution in [0.25, 0.3) is 106 Å². The van der Waals surface area contributed by atoms with E-state index in [9.17, 15) is 2.74 Å². The topological polar surface area (TPSA) is 53.5 Å². The van der Waals surface area contributed by atoms with E-state index < -0.39 is 18.1 Å². The molecule has 0 unspecified atom stereocenters. The van der Waals surface area contributed by atoms with Gasteiger partial charge in [-0.3, -0.25) is 9.13 Å². The SMILES string of the molecule is [2H]c1c([2H])c([2H])c(-c2cccc(-c3nc(-n4c5ccccc5c5ccccc54)nc(-n4c5ccccc5c5ccccc54)n3)c2-n2c3ccccc3c3ccccc32)c([2H])c1[2H]. The van der Waals surface area contributed by atoms with Gasteiger partial charge in [-0.2, -0.15) is 15.0 Å². The Morgan fingerprint density at radius 3 is 1.09 bits per heavy atom. The van der Waals surface area contributed by atoms with Gasteiger partial charge in [0.1, 0.15) is 0 Å². The molecule has 6 nitrogen and oxygen atoms in total. The van der Waals surface area contributed by atoms with Crippen LogP contribution in [0.3, 0.4) is 0 Å². The lowest BCUT2D eigenvalue weighted by Gasteiger charge is -2.19. The van der Waals surface area contributed by atoms with Crippen LogP contribution in [0.2, 0.25) is 0 Å². The van der Waals surface area contributed by atoms with Crippen molar-refractivity contribution in [3.63, 3.8) is 0 Å². The molecule has 0 aliphatic heterocycles. The van der Waals surface area contributed by atoms with Crippen LogP contribution < -0.4 is 0 Å². The van der Waals surface area contributed by atoms with Crippen LogP contribution in [-0.4, -0.2) is 28.7 Å². The fraction of sp³-hybridized carbons (Fsp3) is 0. The van der Waals surface area contributed by atoms with Gasteiger partial charge in [0, 0.05) is 43.4 Å². The highest BCUT2D eigenvalue weighted by Crippen LogP contribution is 2.41. The number of hydrogen-bond donors (Lipinski definition) is 0. The molecule has 4 heterocycles. The van der Waals surface area contributed by atoms with Crippen molar-refractivity contribution in [3.05, 3.63) is 194 Å². The van der Waals surface area contributed by atoms with Crippen molar-refractivity contribution in [2.24, 2.45) is 0 Å². The summed E-state index contributed by atoms with van der Waals surface area (Å²) in [5.41, 5.74) is 7.09. The smallest absolute Gasteiger partial charge is 0.240 e. The average molecular weight is 734 g/mol. The van der Waals surface area contributed by atoms with E-state index in [1.807, 2.05) is 103 Å². The number of aromatic nitrogens is 6. The highest BCUT2D eigenvalue weighted by molar-refractivity contribution is 6.12. The largest absolute Gasteiger partial charge is 0.308 e. The van der Waals surface area contributed by atoms with Crippen molar-refractivity contribution >= 4 is 65.4 Å². The standard InChI is InChI=1S/C51H32N6/c1-2-17-33(18-3-1)34-25-16-26-41(48(34)55-42-27-10-4-19-35(42)36-20-5-11-28-43(36)55)49-52-50(56-44-29-12-6-21-37(44)38-22-7-13-30-45(38)56)54-51(53-49)57-46-31-14-8-23-39(46)40-24-9-15-32-47(40)57/h1-32H/i1D,2D,3D,17D,18D. The van der Waals surface area contributed by atoms with Gasteiger partial charge in [-0.05, 0) is 48.0 Å². The minimum Gasteiger partial charge on any atom is -0.308 e. The Morgan fingerprint density at radius 2 is 0.684 bits per heavy atom. The summed E-state index contributed by atoms with van der Waals surface area (Å²) in [6.45, 7) is 0. The highest BCUT2D eigenvalue weighted by atomic mass is 15.3. The van der Waals surface area contributed by atoms with Crippen molar-refractivity contribution in [3.8, 4) is 40.1 Å². The molecule has 0 spiro atoms. The molecule has 0 saturated heterocycles. The molecule has 0 atom stereocenters. The number of benzene rings is 8. The second-order valence-electron chi connectivity index (χ2n) is 14.1. The first-order valence-electron chi connectivity index (χ1n) is 21.3. The lowest BCUT2D eigenvalue weighted by atomic mass is 9.99. The molecule has 0 radical (unpaired) electrons. The van der Waals surface area contributed by atoms with Gasteiger partial charge in [0.25, 0.3) is 0 Å². The summed E-state index contributed by atoms with van der Waals surface area (Å²) in [4.78, 5) is 16.1. The van der Waals surface area contributed by atoms with Gasteiger partial charge >= 0.3 is 0 Å². The minimum atomic E-state index is -0.456. The van der Waals surface area contributed by atoms with Gasteiger partial charge in [0.15, 0.2) is 5.82 Å². The van der Waals surface area contributed by atoms with Crippen molar-refractivity contribution in [1.82, 2.24) is 28.7 Å².